The number of nitrogens with zero attached hydrogens (tertiary/aromatic N) is 3. The Bertz CT molecular complexity index is 975. The molecule has 1 aliphatic carbocycles. The van der Waals surface area contributed by atoms with Crippen molar-refractivity contribution in [3.63, 3.8) is 0 Å². The van der Waals surface area contributed by atoms with E-state index in [0.29, 0.717) is 5.92 Å². The van der Waals surface area contributed by atoms with Gasteiger partial charge in [-0.05, 0) is 94.0 Å². The lowest BCUT2D eigenvalue weighted by Gasteiger charge is -2.22. The third kappa shape index (κ3) is 4.40. The largest absolute Gasteiger partial charge is 0.392 e. The third-order valence-corrected chi connectivity index (χ3v) is 6.74. The van der Waals surface area contributed by atoms with E-state index in [-0.39, 0.29) is 6.61 Å². The molecule has 3 aromatic rings. The highest BCUT2D eigenvalue weighted by Gasteiger charge is 2.21. The summed E-state index contributed by atoms with van der Waals surface area (Å²) in [4.78, 5) is 5.10. The monoisotopic (exact) mass is 417 g/mol. The van der Waals surface area contributed by atoms with Gasteiger partial charge in [0.1, 0.15) is 11.6 Å². The Balaban J connectivity index is 1.91. The second kappa shape index (κ2) is 9.27. The normalized spacial score (nSPS) is 16.0. The van der Waals surface area contributed by atoms with Crippen LogP contribution in [-0.2, 0) is 0 Å². The van der Waals surface area contributed by atoms with Crippen LogP contribution >= 0.6 is 0 Å². The number of pyridine rings is 1. The highest BCUT2D eigenvalue weighted by Crippen LogP contribution is 2.36. The van der Waals surface area contributed by atoms with Crippen LogP contribution in [-0.4, -0.2) is 25.8 Å². The van der Waals surface area contributed by atoms with E-state index in [1.807, 2.05) is 6.08 Å². The summed E-state index contributed by atoms with van der Waals surface area (Å²) < 4.78 is 4.45. The van der Waals surface area contributed by atoms with Crippen molar-refractivity contribution in [1.29, 1.82) is 0 Å². The molecule has 3 heterocycles. The summed E-state index contributed by atoms with van der Waals surface area (Å²) in [6.45, 7) is 8.58. The van der Waals surface area contributed by atoms with E-state index in [4.69, 9.17) is 4.98 Å². The standard InChI is InChI=1S/C27H35N3O/c1-19-11-12-20(2)29(19)26-17-24(18-27(28-26)30-21(3)13-14-22(30)4)25(15-16-31)23-9-7-5-6-8-10-23/h11-15,17-18,23,31H,5-10,16H2,1-4H3/b25-15-. The molecule has 1 saturated carbocycles. The molecule has 4 nitrogen and oxygen atoms in total. The predicted molar refractivity (Wildman–Crippen MR) is 128 cm³/mol. The summed E-state index contributed by atoms with van der Waals surface area (Å²) in [5, 5.41) is 9.88. The fraction of sp³-hybridized carbons (Fsp3) is 0.444. The van der Waals surface area contributed by atoms with Gasteiger partial charge >= 0.3 is 0 Å². The number of aliphatic hydroxyl groups is 1. The minimum Gasteiger partial charge on any atom is -0.392 e. The molecule has 0 amide bonds. The fourth-order valence-corrected chi connectivity index (χ4v) is 5.17. The molecule has 1 aliphatic rings. The number of hydrogen-bond donors (Lipinski definition) is 1. The Morgan fingerprint density at radius 1 is 0.839 bits per heavy atom. The Labute approximate surface area is 186 Å². The Hall–Kier alpha value is -2.59. The maximum atomic E-state index is 9.88. The highest BCUT2D eigenvalue weighted by molar-refractivity contribution is 5.70. The average Bonchev–Trinajstić information content (AvgIpc) is 3.13. The lowest BCUT2D eigenvalue weighted by atomic mass is 9.86. The molecule has 31 heavy (non-hydrogen) atoms. The summed E-state index contributed by atoms with van der Waals surface area (Å²) in [7, 11) is 0. The minimum atomic E-state index is 0.0714. The van der Waals surface area contributed by atoms with Gasteiger partial charge in [0.05, 0.1) is 6.61 Å². The van der Waals surface area contributed by atoms with Crippen LogP contribution in [0.2, 0.25) is 0 Å². The fourth-order valence-electron chi connectivity index (χ4n) is 5.17. The molecule has 4 heteroatoms. The Kier molecular flexibility index (Phi) is 6.47. The summed E-state index contributed by atoms with van der Waals surface area (Å²) >= 11 is 0. The summed E-state index contributed by atoms with van der Waals surface area (Å²) in [6, 6.07) is 13.0. The van der Waals surface area contributed by atoms with E-state index in [1.165, 1.54) is 72.4 Å². The molecule has 0 atom stereocenters. The van der Waals surface area contributed by atoms with Gasteiger partial charge in [-0.3, -0.25) is 0 Å². The number of aromatic nitrogens is 3. The van der Waals surface area contributed by atoms with Crippen molar-refractivity contribution < 1.29 is 5.11 Å². The molecule has 0 aromatic carbocycles. The molecular weight excluding hydrogens is 382 g/mol. The van der Waals surface area contributed by atoms with Crippen LogP contribution in [0.15, 0.2) is 42.5 Å². The van der Waals surface area contributed by atoms with Gasteiger partial charge in [0.2, 0.25) is 0 Å². The molecule has 0 bridgehead atoms. The van der Waals surface area contributed by atoms with E-state index in [0.717, 1.165) is 11.6 Å². The van der Waals surface area contributed by atoms with E-state index in [9.17, 15) is 5.11 Å². The van der Waals surface area contributed by atoms with Gasteiger partial charge in [-0.2, -0.15) is 0 Å². The number of aryl methyl sites for hydroxylation is 4. The van der Waals surface area contributed by atoms with Crippen LogP contribution in [0.25, 0.3) is 17.2 Å². The molecule has 164 valence electrons. The van der Waals surface area contributed by atoms with Crippen molar-refractivity contribution in [3.8, 4) is 11.6 Å². The predicted octanol–water partition coefficient (Wildman–Crippen LogP) is 6.24. The minimum absolute atomic E-state index is 0.0714. The second-order valence-electron chi connectivity index (χ2n) is 9.01. The van der Waals surface area contributed by atoms with Gasteiger partial charge < -0.3 is 14.2 Å². The lowest BCUT2D eigenvalue weighted by Crippen LogP contribution is -2.11. The first-order chi connectivity index (χ1) is 15.0. The quantitative estimate of drug-likeness (QED) is 0.499. The third-order valence-electron chi connectivity index (χ3n) is 6.74. The zero-order valence-corrected chi connectivity index (χ0v) is 19.4. The van der Waals surface area contributed by atoms with Crippen molar-refractivity contribution in [2.24, 2.45) is 5.92 Å². The van der Waals surface area contributed by atoms with Crippen molar-refractivity contribution in [3.05, 3.63) is 70.8 Å². The summed E-state index contributed by atoms with van der Waals surface area (Å²) in [6.07, 6.45) is 9.60. The topological polar surface area (TPSA) is 43.0 Å². The van der Waals surface area contributed by atoms with Gasteiger partial charge in [0.15, 0.2) is 0 Å². The van der Waals surface area contributed by atoms with E-state index >= 15 is 0 Å². The second-order valence-corrected chi connectivity index (χ2v) is 9.01. The first kappa shape index (κ1) is 21.6. The molecule has 0 aliphatic heterocycles. The van der Waals surface area contributed by atoms with Crippen LogP contribution in [0.4, 0.5) is 0 Å². The number of allylic oxidation sites excluding steroid dienone is 1. The van der Waals surface area contributed by atoms with Crippen molar-refractivity contribution in [1.82, 2.24) is 14.1 Å². The Morgan fingerprint density at radius 3 is 1.71 bits per heavy atom. The van der Waals surface area contributed by atoms with Crippen LogP contribution in [0.3, 0.4) is 0 Å². The van der Waals surface area contributed by atoms with Gasteiger partial charge in [-0.25, -0.2) is 4.98 Å². The van der Waals surface area contributed by atoms with Crippen molar-refractivity contribution in [2.45, 2.75) is 66.2 Å². The van der Waals surface area contributed by atoms with Gasteiger partial charge in [0.25, 0.3) is 0 Å². The van der Waals surface area contributed by atoms with E-state index in [2.05, 4.69) is 73.2 Å². The lowest BCUT2D eigenvalue weighted by molar-refractivity contribution is 0.342. The maximum Gasteiger partial charge on any atom is 0.140 e. The summed E-state index contributed by atoms with van der Waals surface area (Å²) in [5.41, 5.74) is 7.17. The molecule has 0 spiro atoms. The summed E-state index contributed by atoms with van der Waals surface area (Å²) in [5.74, 6) is 2.38. The molecule has 0 unspecified atom stereocenters. The molecule has 0 saturated heterocycles. The van der Waals surface area contributed by atoms with Crippen LogP contribution in [0.1, 0.15) is 66.9 Å². The van der Waals surface area contributed by atoms with Gasteiger partial charge in [-0.15, -0.1) is 0 Å². The van der Waals surface area contributed by atoms with E-state index < -0.39 is 0 Å². The molecular formula is C27H35N3O. The first-order valence-corrected chi connectivity index (χ1v) is 11.6. The van der Waals surface area contributed by atoms with Crippen LogP contribution in [0, 0.1) is 33.6 Å². The van der Waals surface area contributed by atoms with Crippen LogP contribution in [0.5, 0.6) is 0 Å². The molecule has 1 fully saturated rings. The highest BCUT2D eigenvalue weighted by atomic mass is 16.2. The average molecular weight is 418 g/mol. The van der Waals surface area contributed by atoms with Crippen molar-refractivity contribution >= 4 is 5.57 Å². The molecule has 4 rings (SSSR count). The number of rotatable bonds is 5. The van der Waals surface area contributed by atoms with E-state index in [1.54, 1.807) is 0 Å². The Morgan fingerprint density at radius 2 is 1.29 bits per heavy atom. The van der Waals surface area contributed by atoms with Gasteiger partial charge in [0, 0.05) is 22.8 Å². The smallest absolute Gasteiger partial charge is 0.140 e. The van der Waals surface area contributed by atoms with Crippen LogP contribution < -0.4 is 0 Å². The zero-order valence-electron chi connectivity index (χ0n) is 19.4. The number of aliphatic hydroxyl groups excluding tert-OH is 1. The van der Waals surface area contributed by atoms with Crippen molar-refractivity contribution in [2.75, 3.05) is 6.61 Å². The maximum absolute atomic E-state index is 9.88. The molecule has 0 radical (unpaired) electrons. The molecule has 3 aromatic heterocycles. The zero-order chi connectivity index (χ0) is 22.0. The van der Waals surface area contributed by atoms with Gasteiger partial charge in [-0.1, -0.05) is 31.8 Å². The SMILES string of the molecule is Cc1ccc(C)n1-c1cc(/C(=C\CO)C2CCCCCC2)cc(-n2c(C)ccc2C)n1. The number of hydrogen-bond acceptors (Lipinski definition) is 2. The molecule has 1 N–H and O–H groups in total. The first-order valence-electron chi connectivity index (χ1n) is 11.6.